The number of methoxy groups -OCH3 is 1. The van der Waals surface area contributed by atoms with E-state index in [2.05, 4.69) is 5.32 Å². The lowest BCUT2D eigenvalue weighted by Gasteiger charge is -2.08. The maximum absolute atomic E-state index is 12.7. The van der Waals surface area contributed by atoms with Crippen LogP contribution in [0.1, 0.15) is 34.6 Å². The predicted octanol–water partition coefficient (Wildman–Crippen LogP) is 5.69. The van der Waals surface area contributed by atoms with Gasteiger partial charge in [-0.2, -0.15) is 0 Å². The molecule has 0 radical (unpaired) electrons. The average molecular weight is 486 g/mol. The van der Waals surface area contributed by atoms with Gasteiger partial charge in [0.05, 0.1) is 17.7 Å². The van der Waals surface area contributed by atoms with Gasteiger partial charge in [-0.1, -0.05) is 26.0 Å². The first-order chi connectivity index (χ1) is 15.9. The Balaban J connectivity index is 0.00000149. The molecule has 0 bridgehead atoms. The van der Waals surface area contributed by atoms with E-state index in [0.717, 1.165) is 28.7 Å². The van der Waals surface area contributed by atoms with E-state index in [1.807, 2.05) is 26.0 Å². The van der Waals surface area contributed by atoms with Crippen molar-refractivity contribution in [3.8, 4) is 16.4 Å². The maximum Gasteiger partial charge on any atom is 0.339 e. The van der Waals surface area contributed by atoms with E-state index >= 15 is 0 Å². The monoisotopic (exact) mass is 485 g/mol. The van der Waals surface area contributed by atoms with Gasteiger partial charge in [0.1, 0.15) is 11.3 Å². The van der Waals surface area contributed by atoms with Crippen molar-refractivity contribution in [3.63, 3.8) is 0 Å². The highest BCUT2D eigenvalue weighted by molar-refractivity contribution is 7.97. The van der Waals surface area contributed by atoms with Gasteiger partial charge in [-0.05, 0) is 42.3 Å². The number of furan rings is 1. The van der Waals surface area contributed by atoms with Crippen molar-refractivity contribution in [3.05, 3.63) is 59.0 Å². The Kier molecular flexibility index (Phi) is 7.64. The van der Waals surface area contributed by atoms with Crippen LogP contribution in [0.4, 0.5) is 11.4 Å². The fourth-order valence-corrected chi connectivity index (χ4v) is 4.43. The maximum atomic E-state index is 12.7. The summed E-state index contributed by atoms with van der Waals surface area (Å²) in [5, 5.41) is 20.3. The smallest absolute Gasteiger partial charge is 0.339 e. The lowest BCUT2D eigenvalue weighted by molar-refractivity contribution is 0.0699. The zero-order valence-electron chi connectivity index (χ0n) is 18.2. The van der Waals surface area contributed by atoms with Crippen LogP contribution < -0.4 is 20.9 Å². The van der Waals surface area contributed by atoms with Crippen LogP contribution in [-0.2, 0) is 0 Å². The summed E-state index contributed by atoms with van der Waals surface area (Å²) < 4.78 is 11.2. The molecule has 4 rings (SSSR count). The van der Waals surface area contributed by atoms with Crippen LogP contribution in [0.2, 0.25) is 0 Å². The molecule has 2 heterocycles. The van der Waals surface area contributed by atoms with Gasteiger partial charge in [0.25, 0.3) is 5.91 Å². The van der Waals surface area contributed by atoms with Crippen molar-refractivity contribution >= 4 is 57.5 Å². The molecule has 0 saturated carbocycles. The first-order valence-corrected chi connectivity index (χ1v) is 11.7. The molecule has 172 valence electrons. The number of aromatic carboxylic acids is 1. The molecule has 0 aliphatic rings. The topological polar surface area (TPSA) is 141 Å². The fraction of sp³-hybridized carbons (Fsp3) is 0.130. The third-order valence-electron chi connectivity index (χ3n) is 4.60. The van der Waals surface area contributed by atoms with Gasteiger partial charge >= 0.3 is 5.97 Å². The Morgan fingerprint density at radius 1 is 1.18 bits per heavy atom. The highest BCUT2D eigenvalue weighted by Gasteiger charge is 2.24. The molecule has 4 aromatic rings. The normalized spacial score (nSPS) is 10.4. The number of carboxylic acids is 1. The second kappa shape index (κ2) is 10.4. The Morgan fingerprint density at radius 3 is 2.58 bits per heavy atom. The van der Waals surface area contributed by atoms with Crippen LogP contribution >= 0.6 is 23.3 Å². The van der Waals surface area contributed by atoms with E-state index in [1.165, 1.54) is 13.2 Å². The van der Waals surface area contributed by atoms with Crippen LogP contribution in [0.15, 0.2) is 57.2 Å². The summed E-state index contributed by atoms with van der Waals surface area (Å²) >= 11 is 2.14. The minimum absolute atomic E-state index is 0.0570. The molecule has 0 spiro atoms. The number of anilines is 2. The molecule has 0 atom stereocenters. The zero-order valence-corrected chi connectivity index (χ0v) is 19.8. The number of nitrogen functional groups attached to an aromatic ring is 1. The number of amides is 1. The van der Waals surface area contributed by atoms with Crippen LogP contribution in [0.5, 0.6) is 5.75 Å². The molecule has 33 heavy (non-hydrogen) atoms. The largest absolute Gasteiger partial charge is 0.493 e. The number of carbonyl (C=O) groups is 2. The Morgan fingerprint density at radius 2 is 1.94 bits per heavy atom. The number of nitrogens with one attached hydrogen (secondary N) is 1. The average Bonchev–Trinajstić information content (AvgIpc) is 3.44. The molecule has 0 saturated heterocycles. The number of carboxylic acid groups (broad SMARTS) is 1. The summed E-state index contributed by atoms with van der Waals surface area (Å²) in [7, 11) is 1.53. The molecule has 8 nitrogen and oxygen atoms in total. The second-order valence-electron chi connectivity index (χ2n) is 6.47. The fourth-order valence-electron chi connectivity index (χ4n) is 3.14. The van der Waals surface area contributed by atoms with Gasteiger partial charge < -0.3 is 25.3 Å². The number of nitrogens with two attached hydrogens (primary N) is 2. The second-order valence-corrected chi connectivity index (χ2v) is 8.03. The first-order valence-electron chi connectivity index (χ1n) is 9.92. The quantitative estimate of drug-likeness (QED) is 0.201. The van der Waals surface area contributed by atoms with E-state index < -0.39 is 11.9 Å². The molecule has 0 aliphatic carbocycles. The van der Waals surface area contributed by atoms with Crippen LogP contribution in [-0.4, -0.2) is 24.1 Å². The van der Waals surface area contributed by atoms with E-state index in [-0.39, 0.29) is 16.8 Å². The van der Waals surface area contributed by atoms with Crippen molar-refractivity contribution in [2.75, 3.05) is 18.2 Å². The number of benzene rings is 2. The number of hydrogen-bond donors (Lipinski definition) is 4. The Bertz CT molecular complexity index is 1310. The third-order valence-corrected chi connectivity index (χ3v) is 6.22. The molecule has 6 N–H and O–H groups in total. The van der Waals surface area contributed by atoms with Gasteiger partial charge in [-0.25, -0.2) is 4.79 Å². The third kappa shape index (κ3) is 4.82. The van der Waals surface area contributed by atoms with Gasteiger partial charge in [-0.15, -0.1) is 11.3 Å². The van der Waals surface area contributed by atoms with Crippen LogP contribution in [0.25, 0.3) is 21.6 Å². The van der Waals surface area contributed by atoms with Crippen molar-refractivity contribution in [1.29, 1.82) is 0 Å². The van der Waals surface area contributed by atoms with Crippen LogP contribution in [0, 0.1) is 0 Å². The van der Waals surface area contributed by atoms with Gasteiger partial charge in [-0.3, -0.25) is 9.93 Å². The number of fused-ring (bicyclic) bond motifs is 1. The molecule has 0 unspecified atom stereocenters. The number of thiophene rings is 1. The van der Waals surface area contributed by atoms with Crippen molar-refractivity contribution < 1.29 is 23.8 Å². The SMILES string of the molecule is CC.COc1cccc2cc(-c3scc(NC(=O)c4ccc(SN)c(N)c4)c3C(=O)O)oc12. The van der Waals surface area contributed by atoms with Crippen LogP contribution in [0.3, 0.4) is 0 Å². The highest BCUT2D eigenvalue weighted by atomic mass is 32.2. The summed E-state index contributed by atoms with van der Waals surface area (Å²) in [4.78, 5) is 25.7. The molecule has 0 aliphatic heterocycles. The molecule has 1 amide bonds. The van der Waals surface area contributed by atoms with Crippen molar-refractivity contribution in [2.45, 2.75) is 18.7 Å². The Hall–Kier alpha value is -3.47. The van der Waals surface area contributed by atoms with E-state index in [0.29, 0.717) is 32.6 Å². The molecular weight excluding hydrogens is 462 g/mol. The van der Waals surface area contributed by atoms with Crippen molar-refractivity contribution in [2.24, 2.45) is 5.14 Å². The minimum Gasteiger partial charge on any atom is -0.493 e. The Labute approximate surface area is 198 Å². The molecule has 2 aromatic heterocycles. The van der Waals surface area contributed by atoms with E-state index in [1.54, 1.807) is 29.6 Å². The zero-order chi connectivity index (χ0) is 24.1. The van der Waals surface area contributed by atoms with Gasteiger partial charge in [0.15, 0.2) is 11.3 Å². The summed E-state index contributed by atoms with van der Waals surface area (Å²) in [5.74, 6) is -0.759. The van der Waals surface area contributed by atoms with Gasteiger partial charge in [0.2, 0.25) is 0 Å². The van der Waals surface area contributed by atoms with Crippen molar-refractivity contribution in [1.82, 2.24) is 0 Å². The number of carbonyl (C=O) groups excluding carboxylic acids is 1. The standard InChI is InChI=1S/C21H17N3O5S2.C2H6/c1-28-14-4-2-3-10-8-15(29-18(10)14)19-17(21(26)27)13(9-30-19)24-20(25)11-5-6-16(31-23)12(22)7-11;1-2/h2-9H,22-23H2,1H3,(H,24,25)(H,26,27);1-2H3. The van der Waals surface area contributed by atoms with Gasteiger partial charge in [0, 0.05) is 26.9 Å². The number of rotatable bonds is 6. The molecule has 0 fully saturated rings. The minimum atomic E-state index is -1.19. The van der Waals surface area contributed by atoms with E-state index in [4.69, 9.17) is 20.0 Å². The molecule has 10 heteroatoms. The number of hydrogen-bond acceptors (Lipinski definition) is 8. The summed E-state index contributed by atoms with van der Waals surface area (Å²) in [6.07, 6.45) is 0. The summed E-state index contributed by atoms with van der Waals surface area (Å²) in [6.45, 7) is 4.00. The number of para-hydroxylation sites is 1. The molecular formula is C23H23N3O5S2. The highest BCUT2D eigenvalue weighted by Crippen LogP contribution is 2.40. The summed E-state index contributed by atoms with van der Waals surface area (Å²) in [5.41, 5.74) is 7.16. The number of ether oxygens (including phenoxy) is 1. The predicted molar refractivity (Wildman–Crippen MR) is 133 cm³/mol. The first kappa shape index (κ1) is 24.2. The lowest BCUT2D eigenvalue weighted by atomic mass is 10.1. The lowest BCUT2D eigenvalue weighted by Crippen LogP contribution is -2.14. The summed E-state index contributed by atoms with van der Waals surface area (Å²) in [6, 6.07) is 11.9. The van der Waals surface area contributed by atoms with E-state index in [9.17, 15) is 14.7 Å². The molecule has 2 aromatic carbocycles.